The van der Waals surface area contributed by atoms with Crippen LogP contribution >= 0.6 is 22.9 Å². The van der Waals surface area contributed by atoms with Crippen molar-refractivity contribution in [3.05, 3.63) is 74.7 Å². The van der Waals surface area contributed by atoms with E-state index in [9.17, 15) is 17.6 Å². The van der Waals surface area contributed by atoms with Gasteiger partial charge in [0.15, 0.2) is 0 Å². The van der Waals surface area contributed by atoms with Gasteiger partial charge in [-0.25, -0.2) is 12.8 Å². The highest BCUT2D eigenvalue weighted by molar-refractivity contribution is 7.91. The number of halogens is 2. The summed E-state index contributed by atoms with van der Waals surface area (Å²) in [4.78, 5) is 13.2. The van der Waals surface area contributed by atoms with Crippen LogP contribution in [-0.4, -0.2) is 14.3 Å². The molecule has 2 heterocycles. The Kier molecular flexibility index (Phi) is 4.77. The molecule has 0 aliphatic carbocycles. The molecule has 0 spiro atoms. The van der Waals surface area contributed by atoms with Gasteiger partial charge in [0, 0.05) is 27.6 Å². The van der Waals surface area contributed by atoms with Crippen molar-refractivity contribution >= 4 is 44.4 Å². The van der Waals surface area contributed by atoms with E-state index in [2.05, 4.69) is 5.32 Å². The van der Waals surface area contributed by atoms with Gasteiger partial charge in [0.1, 0.15) is 10.7 Å². The van der Waals surface area contributed by atoms with Crippen LogP contribution in [0.3, 0.4) is 0 Å². The molecule has 1 N–H and O–H groups in total. The van der Waals surface area contributed by atoms with Crippen LogP contribution in [0.1, 0.15) is 28.3 Å². The number of hydrogen-bond acceptors (Lipinski definition) is 4. The molecule has 144 valence electrons. The zero-order valence-corrected chi connectivity index (χ0v) is 17.1. The SMILES string of the molecule is Cc1ccc(S(=O)(=O)c2csc3c2NC(=O)C[C@H]3c2ccc(F)cc2Cl)cc1. The minimum Gasteiger partial charge on any atom is -0.324 e. The predicted molar refractivity (Wildman–Crippen MR) is 107 cm³/mol. The van der Waals surface area contributed by atoms with Gasteiger partial charge in [-0.15, -0.1) is 11.3 Å². The summed E-state index contributed by atoms with van der Waals surface area (Å²) < 4.78 is 39.7. The van der Waals surface area contributed by atoms with Crippen LogP contribution < -0.4 is 5.32 Å². The number of fused-ring (bicyclic) bond motifs is 1. The lowest BCUT2D eigenvalue weighted by atomic mass is 9.90. The molecule has 0 unspecified atom stereocenters. The normalized spacial score (nSPS) is 16.5. The van der Waals surface area contributed by atoms with E-state index in [-0.39, 0.29) is 32.8 Å². The third-order valence-corrected chi connectivity index (χ3v) is 8.08. The van der Waals surface area contributed by atoms with Crippen LogP contribution in [0.2, 0.25) is 5.02 Å². The van der Waals surface area contributed by atoms with Crippen molar-refractivity contribution in [1.82, 2.24) is 0 Å². The molecular formula is C20H15ClFNO3S2. The Hall–Kier alpha value is -2.22. The van der Waals surface area contributed by atoms with Crippen LogP contribution in [-0.2, 0) is 14.6 Å². The van der Waals surface area contributed by atoms with E-state index in [1.165, 1.54) is 28.8 Å². The highest BCUT2D eigenvalue weighted by Gasteiger charge is 2.35. The van der Waals surface area contributed by atoms with E-state index in [4.69, 9.17) is 11.6 Å². The van der Waals surface area contributed by atoms with E-state index in [0.29, 0.717) is 10.4 Å². The Morgan fingerprint density at radius 2 is 1.89 bits per heavy atom. The number of benzene rings is 2. The molecule has 8 heteroatoms. The summed E-state index contributed by atoms with van der Waals surface area (Å²) in [5.74, 6) is -1.21. The summed E-state index contributed by atoms with van der Waals surface area (Å²) in [6, 6.07) is 10.6. The zero-order chi connectivity index (χ0) is 20.1. The molecule has 4 nitrogen and oxygen atoms in total. The Labute approximate surface area is 170 Å². The number of carbonyl (C=O) groups excluding carboxylic acids is 1. The lowest BCUT2D eigenvalue weighted by Crippen LogP contribution is -2.23. The number of sulfone groups is 1. The maximum Gasteiger partial charge on any atom is 0.225 e. The Morgan fingerprint density at radius 1 is 1.18 bits per heavy atom. The first-order chi connectivity index (χ1) is 13.3. The van der Waals surface area contributed by atoms with Crippen LogP contribution in [0.25, 0.3) is 0 Å². The molecule has 0 radical (unpaired) electrons. The van der Waals surface area contributed by atoms with Gasteiger partial charge in [0.25, 0.3) is 0 Å². The third kappa shape index (κ3) is 3.23. The van der Waals surface area contributed by atoms with Crippen molar-refractivity contribution in [1.29, 1.82) is 0 Å². The van der Waals surface area contributed by atoms with Crippen molar-refractivity contribution < 1.29 is 17.6 Å². The largest absolute Gasteiger partial charge is 0.324 e. The minimum absolute atomic E-state index is 0.0626. The molecule has 1 aliphatic heterocycles. The summed E-state index contributed by atoms with van der Waals surface area (Å²) in [7, 11) is -3.80. The predicted octanol–water partition coefficient (Wildman–Crippen LogP) is 5.16. The molecule has 0 saturated heterocycles. The first-order valence-corrected chi connectivity index (χ1v) is 11.2. The van der Waals surface area contributed by atoms with E-state index in [1.54, 1.807) is 30.3 Å². The van der Waals surface area contributed by atoms with Crippen LogP contribution in [0.5, 0.6) is 0 Å². The molecule has 28 heavy (non-hydrogen) atoms. The standard InChI is InChI=1S/C20H15ClFNO3S2/c1-11-2-5-13(6-3-11)28(25,26)17-10-27-20-15(9-18(24)23-19(17)20)14-7-4-12(22)8-16(14)21/h2-8,10,15H,9H2,1H3,(H,23,24)/t15-/m0/s1. The number of carbonyl (C=O) groups is 1. The van der Waals surface area contributed by atoms with Crippen molar-refractivity contribution in [3.63, 3.8) is 0 Å². The Morgan fingerprint density at radius 3 is 2.57 bits per heavy atom. The second-order valence-electron chi connectivity index (χ2n) is 6.63. The fraction of sp³-hybridized carbons (Fsp3) is 0.150. The van der Waals surface area contributed by atoms with Gasteiger partial charge in [0.2, 0.25) is 15.7 Å². The summed E-state index contributed by atoms with van der Waals surface area (Å²) >= 11 is 7.45. The summed E-state index contributed by atoms with van der Waals surface area (Å²) in [6.07, 6.45) is 0.114. The van der Waals surface area contributed by atoms with Gasteiger partial charge in [0.05, 0.1) is 10.6 Å². The number of nitrogens with one attached hydrogen (secondary N) is 1. The average molecular weight is 436 g/mol. The number of amides is 1. The maximum atomic E-state index is 13.4. The molecular weight excluding hydrogens is 421 g/mol. The van der Waals surface area contributed by atoms with E-state index < -0.39 is 21.6 Å². The van der Waals surface area contributed by atoms with Gasteiger partial charge < -0.3 is 5.32 Å². The highest BCUT2D eigenvalue weighted by atomic mass is 35.5. The molecule has 3 aromatic rings. The van der Waals surface area contributed by atoms with E-state index in [0.717, 1.165) is 5.56 Å². The Bertz CT molecular complexity index is 1190. The van der Waals surface area contributed by atoms with Gasteiger partial charge >= 0.3 is 0 Å². The van der Waals surface area contributed by atoms with Crippen LogP contribution in [0.4, 0.5) is 10.1 Å². The molecule has 2 aromatic carbocycles. The lowest BCUT2D eigenvalue weighted by molar-refractivity contribution is -0.116. The molecule has 0 bridgehead atoms. The first kappa shape index (κ1) is 19.1. The monoisotopic (exact) mass is 435 g/mol. The lowest BCUT2D eigenvalue weighted by Gasteiger charge is -2.24. The molecule has 0 fully saturated rings. The first-order valence-electron chi connectivity index (χ1n) is 8.45. The van der Waals surface area contributed by atoms with Gasteiger partial charge in [-0.3, -0.25) is 4.79 Å². The molecule has 1 amide bonds. The zero-order valence-electron chi connectivity index (χ0n) is 14.7. The number of thiophene rings is 1. The van der Waals surface area contributed by atoms with Crippen molar-refractivity contribution in [2.45, 2.75) is 29.1 Å². The summed E-state index contributed by atoms with van der Waals surface area (Å²) in [5, 5.41) is 4.45. The minimum atomic E-state index is -3.80. The quantitative estimate of drug-likeness (QED) is 0.618. The topological polar surface area (TPSA) is 63.2 Å². The molecule has 0 saturated carbocycles. The van der Waals surface area contributed by atoms with Crippen molar-refractivity contribution in [2.75, 3.05) is 5.32 Å². The smallest absolute Gasteiger partial charge is 0.225 e. The molecule has 1 atom stereocenters. The van der Waals surface area contributed by atoms with Gasteiger partial charge in [-0.2, -0.15) is 0 Å². The van der Waals surface area contributed by atoms with Crippen LogP contribution in [0, 0.1) is 12.7 Å². The molecule has 4 rings (SSSR count). The fourth-order valence-corrected chi connectivity index (χ4v) is 6.48. The second-order valence-corrected chi connectivity index (χ2v) is 9.86. The number of rotatable bonds is 3. The number of aryl methyl sites for hydroxylation is 1. The molecule has 1 aromatic heterocycles. The van der Waals surface area contributed by atoms with Crippen molar-refractivity contribution in [3.8, 4) is 0 Å². The van der Waals surface area contributed by atoms with Gasteiger partial charge in [-0.05, 0) is 36.8 Å². The maximum absolute atomic E-state index is 13.4. The van der Waals surface area contributed by atoms with E-state index in [1.807, 2.05) is 6.92 Å². The third-order valence-electron chi connectivity index (χ3n) is 4.71. The number of hydrogen-bond donors (Lipinski definition) is 1. The second kappa shape index (κ2) is 6.99. The Balaban J connectivity index is 1.84. The summed E-state index contributed by atoms with van der Waals surface area (Å²) in [5.41, 5.74) is 1.83. The van der Waals surface area contributed by atoms with Crippen LogP contribution in [0.15, 0.2) is 57.6 Å². The molecule has 1 aliphatic rings. The van der Waals surface area contributed by atoms with E-state index >= 15 is 0 Å². The summed E-state index contributed by atoms with van der Waals surface area (Å²) in [6.45, 7) is 1.88. The van der Waals surface area contributed by atoms with Crippen molar-refractivity contribution in [2.24, 2.45) is 0 Å². The highest BCUT2D eigenvalue weighted by Crippen LogP contribution is 2.47. The fourth-order valence-electron chi connectivity index (χ4n) is 3.28. The average Bonchev–Trinajstić information content (AvgIpc) is 3.06. The van der Waals surface area contributed by atoms with Gasteiger partial charge in [-0.1, -0.05) is 35.4 Å². The number of anilines is 1.